The van der Waals surface area contributed by atoms with Gasteiger partial charge in [-0.05, 0) is 168 Å². The van der Waals surface area contributed by atoms with E-state index in [9.17, 15) is 35.2 Å². The van der Waals surface area contributed by atoms with Crippen molar-refractivity contribution >= 4 is 42.8 Å². The highest BCUT2D eigenvalue weighted by Gasteiger charge is 2.23. The van der Waals surface area contributed by atoms with Crippen molar-refractivity contribution < 1.29 is 44.7 Å². The van der Waals surface area contributed by atoms with Crippen LogP contribution in [0.1, 0.15) is 72.9 Å². The summed E-state index contributed by atoms with van der Waals surface area (Å²) in [6.45, 7) is 9.13. The summed E-state index contributed by atoms with van der Waals surface area (Å²) in [5.74, 6) is -0.766. The third-order valence-corrected chi connectivity index (χ3v) is 13.1. The van der Waals surface area contributed by atoms with Crippen LogP contribution in [0.3, 0.4) is 0 Å². The number of sulfonamides is 2. The minimum Gasteiger partial charge on any atom is -0.481 e. The fraction of sp³-hybridized carbons (Fsp3) is 0.308. The monoisotopic (exact) mass is 1030 g/mol. The summed E-state index contributed by atoms with van der Waals surface area (Å²) in [7, 11) is 3.10. The highest BCUT2D eigenvalue weighted by Crippen LogP contribution is 2.35. The number of benzene rings is 4. The summed E-state index contributed by atoms with van der Waals surface area (Å²) in [6.07, 6.45) is 2.92. The molecule has 0 spiro atoms. The summed E-state index contributed by atoms with van der Waals surface area (Å²) in [5.41, 5.74) is 7.16. The molecule has 0 saturated heterocycles. The number of methoxy groups -OCH3 is 2. The molecule has 0 bridgehead atoms. The fourth-order valence-corrected chi connectivity index (χ4v) is 9.10. The molecule has 0 atom stereocenters. The van der Waals surface area contributed by atoms with Crippen molar-refractivity contribution in [1.82, 2.24) is 24.5 Å². The lowest BCUT2D eigenvalue weighted by Gasteiger charge is -2.18. The van der Waals surface area contributed by atoms with Gasteiger partial charge in [-0.25, -0.2) is 45.4 Å². The van der Waals surface area contributed by atoms with Crippen molar-refractivity contribution in [2.24, 2.45) is 5.14 Å². The zero-order valence-corrected chi connectivity index (χ0v) is 43.8. The van der Waals surface area contributed by atoms with E-state index in [2.05, 4.69) is 14.7 Å². The molecule has 0 fully saturated rings. The van der Waals surface area contributed by atoms with Crippen LogP contribution in [0.15, 0.2) is 119 Å². The van der Waals surface area contributed by atoms with Gasteiger partial charge in [0.1, 0.15) is 11.6 Å². The molecule has 14 nitrogen and oxygen atoms in total. The molecule has 6 rings (SSSR count). The average Bonchev–Trinajstić information content (AvgIpc) is 3.29. The van der Waals surface area contributed by atoms with E-state index in [1.54, 1.807) is 54.7 Å². The van der Waals surface area contributed by atoms with Gasteiger partial charge in [-0.3, -0.25) is 9.59 Å². The van der Waals surface area contributed by atoms with Crippen molar-refractivity contribution in [2.75, 3.05) is 42.4 Å². The van der Waals surface area contributed by atoms with E-state index in [4.69, 9.17) is 26.2 Å². The number of carbonyl (C=O) groups is 2. The quantitative estimate of drug-likeness (QED) is 0.0827. The molecule has 4 aromatic carbocycles. The topological polar surface area (TPSA) is 191 Å². The third-order valence-electron chi connectivity index (χ3n) is 10.6. The van der Waals surface area contributed by atoms with Gasteiger partial charge >= 0.3 is 0 Å². The predicted molar refractivity (Wildman–Crippen MR) is 273 cm³/mol. The predicted octanol–water partition coefficient (Wildman–Crippen LogP) is 8.85. The van der Waals surface area contributed by atoms with Crippen LogP contribution in [0.4, 0.5) is 8.78 Å². The van der Waals surface area contributed by atoms with Crippen molar-refractivity contribution in [2.45, 2.75) is 75.3 Å². The Morgan fingerprint density at radius 2 is 1.03 bits per heavy atom. The van der Waals surface area contributed by atoms with Crippen LogP contribution >= 0.6 is 11.6 Å². The Labute approximate surface area is 421 Å². The maximum atomic E-state index is 14.5. The Morgan fingerprint density at radius 3 is 1.38 bits per heavy atom. The van der Waals surface area contributed by atoms with Gasteiger partial charge in [0.25, 0.3) is 10.0 Å². The lowest BCUT2D eigenvalue weighted by atomic mass is 9.88. The van der Waals surface area contributed by atoms with Gasteiger partial charge < -0.3 is 19.3 Å². The molecule has 19 heteroatoms. The van der Waals surface area contributed by atoms with Gasteiger partial charge in [0.15, 0.2) is 0 Å². The third kappa shape index (κ3) is 17.3. The summed E-state index contributed by atoms with van der Waals surface area (Å²) in [5, 5.41) is 4.49. The van der Waals surface area contributed by atoms with Gasteiger partial charge in [0.05, 0.1) is 30.4 Å². The molecule has 0 unspecified atom stereocenters. The van der Waals surface area contributed by atoms with Gasteiger partial charge in [0, 0.05) is 44.0 Å². The number of hydrogen-bond acceptors (Lipinski definition) is 12. The van der Waals surface area contributed by atoms with Crippen molar-refractivity contribution in [1.29, 1.82) is 0 Å². The number of carbonyl (C=O) groups excluding carboxylic acids is 2. The number of pyridine rings is 2. The summed E-state index contributed by atoms with van der Waals surface area (Å²) >= 11 is 5.58. The number of nitrogens with two attached hydrogens (primary N) is 1. The molecule has 0 saturated carbocycles. The van der Waals surface area contributed by atoms with E-state index >= 15 is 0 Å². The maximum absolute atomic E-state index is 14.5. The molecule has 0 aliphatic rings. The molecule has 71 heavy (non-hydrogen) atoms. The number of hydrogen-bond donors (Lipinski definition) is 2. The van der Waals surface area contributed by atoms with Crippen LogP contribution in [-0.4, -0.2) is 90.2 Å². The molecular formula is C52H61ClF2N6O8S2. The van der Waals surface area contributed by atoms with Crippen LogP contribution in [0.2, 0.25) is 0 Å². The zero-order valence-electron chi connectivity index (χ0n) is 41.5. The molecule has 2 heterocycles. The second kappa shape index (κ2) is 25.8. The lowest BCUT2D eigenvalue weighted by molar-refractivity contribution is -0.118. The molecule has 380 valence electrons. The van der Waals surface area contributed by atoms with Gasteiger partial charge in [-0.15, -0.1) is 0 Å². The second-order valence-corrected chi connectivity index (χ2v) is 21.2. The van der Waals surface area contributed by atoms with Gasteiger partial charge in [-0.1, -0.05) is 52.0 Å². The Kier molecular flexibility index (Phi) is 20.9. The van der Waals surface area contributed by atoms with Crippen LogP contribution < -0.4 is 19.3 Å². The van der Waals surface area contributed by atoms with Crippen molar-refractivity contribution in [3.05, 3.63) is 154 Å². The number of rotatable bonds is 17. The first-order valence-electron chi connectivity index (χ1n) is 22.2. The van der Waals surface area contributed by atoms with E-state index in [-0.39, 0.29) is 40.3 Å². The van der Waals surface area contributed by atoms with E-state index in [0.29, 0.717) is 46.1 Å². The highest BCUT2D eigenvalue weighted by atomic mass is 35.5. The standard InChI is InChI=1S/C26H30FN3O4S.C17H17ClFNO2.C9H14N2O2S/c1-17(2)22-13-20(27)14-23(19-10-11-28-26(12-19)34-5)24(22)15-25(31)29-35(32,33)21-8-6-18(7-9-21)16-30(3)4;1-10(2)13-7-12(19)8-14(15(13)9-16(18)21)11-4-5-20-17(6-11)22-3;1-11(2)7-8-3-5-9(6-4-8)14(10,12)13/h6-14,17H,15-16H2,1-5H3,(H,29,31);4-8,10H,9H2,1-3H3;3-6H,7H2,1-2H3,(H2,10,12,13). The zero-order chi connectivity index (χ0) is 52.8. The molecular weight excluding hydrogens is 974 g/mol. The van der Waals surface area contributed by atoms with E-state index < -0.39 is 37.0 Å². The largest absolute Gasteiger partial charge is 0.481 e. The van der Waals surface area contributed by atoms with E-state index in [1.165, 1.54) is 68.9 Å². The average molecular weight is 1040 g/mol. The first-order chi connectivity index (χ1) is 33.3. The first kappa shape index (κ1) is 57.4. The minimum atomic E-state index is -4.07. The fourth-order valence-electron chi connectivity index (χ4n) is 7.47. The summed E-state index contributed by atoms with van der Waals surface area (Å²) in [4.78, 5) is 36.6. The van der Waals surface area contributed by atoms with Crippen LogP contribution in [0, 0.1) is 11.6 Å². The molecule has 0 aliphatic heterocycles. The first-order valence-corrected chi connectivity index (χ1v) is 25.6. The Balaban J connectivity index is 0.000000258. The molecule has 2 aromatic heterocycles. The second-order valence-electron chi connectivity index (χ2n) is 17.6. The van der Waals surface area contributed by atoms with E-state index in [0.717, 1.165) is 34.4 Å². The number of primary sulfonamides is 1. The van der Waals surface area contributed by atoms with E-state index in [1.807, 2.05) is 65.7 Å². The summed E-state index contributed by atoms with van der Waals surface area (Å²) in [6, 6.07) is 25.3. The van der Waals surface area contributed by atoms with Crippen LogP contribution in [-0.2, 0) is 55.6 Å². The molecule has 3 N–H and O–H groups in total. The molecule has 6 aromatic rings. The maximum Gasteiger partial charge on any atom is 0.264 e. The SMILES string of the molecule is CN(C)Cc1ccc(S(N)(=O)=O)cc1.COc1cc(-c2cc(F)cc(C(C)C)c2CC(=O)Cl)ccn1.COc1cc(-c2cc(F)cc(C(C)C)c2CC(=O)NS(=O)(=O)c2ccc(CN(C)C)cc2)ccn1. The number of ether oxygens (including phenoxy) is 2. The van der Waals surface area contributed by atoms with Gasteiger partial charge in [-0.2, -0.15) is 0 Å². The number of nitrogens with one attached hydrogen (secondary N) is 1. The number of halogens is 3. The van der Waals surface area contributed by atoms with Gasteiger partial charge in [0.2, 0.25) is 32.9 Å². The molecule has 0 aliphatic carbocycles. The van der Waals surface area contributed by atoms with Crippen molar-refractivity contribution in [3.8, 4) is 34.0 Å². The number of amides is 1. The van der Waals surface area contributed by atoms with Crippen LogP contribution in [0.5, 0.6) is 11.8 Å². The Morgan fingerprint density at radius 1 is 0.634 bits per heavy atom. The smallest absolute Gasteiger partial charge is 0.264 e. The summed E-state index contributed by atoms with van der Waals surface area (Å²) < 4.78 is 88.6. The molecule has 0 radical (unpaired) electrons. The Bertz CT molecular complexity index is 3010. The van der Waals surface area contributed by atoms with Crippen LogP contribution in [0.25, 0.3) is 22.3 Å². The highest BCUT2D eigenvalue weighted by molar-refractivity contribution is 7.90. The lowest BCUT2D eigenvalue weighted by Crippen LogP contribution is -2.32. The van der Waals surface area contributed by atoms with Crippen molar-refractivity contribution in [3.63, 3.8) is 0 Å². The minimum absolute atomic E-state index is 0.00404. The molecule has 1 amide bonds. The normalized spacial score (nSPS) is 11.5. The number of nitrogens with zero attached hydrogens (tertiary/aromatic N) is 4. The Hall–Kier alpha value is -6.15. The number of aromatic nitrogens is 2.